The highest BCUT2D eigenvalue weighted by Crippen LogP contribution is 2.37. The maximum Gasteiger partial charge on any atom is 0.0568 e. The van der Waals surface area contributed by atoms with E-state index in [9.17, 15) is 0 Å². The van der Waals surface area contributed by atoms with Crippen molar-refractivity contribution < 1.29 is 0 Å². The lowest BCUT2D eigenvalue weighted by Crippen LogP contribution is -2.46. The zero-order valence-corrected chi connectivity index (χ0v) is 11.4. The van der Waals surface area contributed by atoms with E-state index < -0.39 is 0 Å². The molecule has 0 amide bonds. The molecule has 3 unspecified atom stereocenters. The normalized spacial score (nSPS) is 26.4. The minimum Gasteiger partial charge on any atom is -0.302 e. The number of unbranched alkanes of at least 4 members (excludes halogenated alkanes) is 1. The fraction of sp³-hybridized carbons (Fsp3) is 1.00. The molecule has 1 fully saturated rings. The van der Waals surface area contributed by atoms with Gasteiger partial charge in [0.2, 0.25) is 0 Å². The summed E-state index contributed by atoms with van der Waals surface area (Å²) >= 11 is 0. The minimum absolute atomic E-state index is 0.525. The maximum atomic E-state index is 3.67. The summed E-state index contributed by atoms with van der Waals surface area (Å²) in [6.45, 7) is 9.01. The maximum absolute atomic E-state index is 3.67. The molecule has 0 saturated heterocycles. The average molecular weight is 226 g/mol. The van der Waals surface area contributed by atoms with Crippen LogP contribution in [0.1, 0.15) is 59.3 Å². The average Bonchev–Trinajstić information content (AvgIpc) is 2.27. The Morgan fingerprint density at radius 1 is 1.06 bits per heavy atom. The molecule has 0 heterocycles. The number of rotatable bonds is 9. The third-order valence-corrected chi connectivity index (χ3v) is 3.99. The fourth-order valence-corrected chi connectivity index (χ4v) is 2.65. The summed E-state index contributed by atoms with van der Waals surface area (Å²) in [6.07, 6.45) is 8.87. The second kappa shape index (κ2) is 8.08. The molecule has 1 aliphatic rings. The summed E-state index contributed by atoms with van der Waals surface area (Å²) in [4.78, 5) is 0. The second-order valence-electron chi connectivity index (χ2n) is 5.17. The minimum atomic E-state index is 0.525. The lowest BCUT2D eigenvalue weighted by atomic mass is 9.71. The van der Waals surface area contributed by atoms with Crippen molar-refractivity contribution in [1.82, 2.24) is 10.6 Å². The predicted octanol–water partition coefficient (Wildman–Crippen LogP) is 3.14. The molecule has 2 nitrogen and oxygen atoms in total. The first-order valence-electron chi connectivity index (χ1n) is 7.28. The third-order valence-electron chi connectivity index (χ3n) is 3.99. The van der Waals surface area contributed by atoms with E-state index in [1.165, 1.54) is 45.1 Å². The van der Waals surface area contributed by atoms with Crippen LogP contribution in [0.3, 0.4) is 0 Å². The molecule has 0 bridgehead atoms. The molecule has 1 aliphatic carbocycles. The Balaban J connectivity index is 2.11. The van der Waals surface area contributed by atoms with E-state index >= 15 is 0 Å². The molecule has 0 radical (unpaired) electrons. The SMILES string of the molecule is CCCCC1CCC1CNC(CC)NCC. The third kappa shape index (κ3) is 4.42. The summed E-state index contributed by atoms with van der Waals surface area (Å²) in [7, 11) is 0. The van der Waals surface area contributed by atoms with Crippen molar-refractivity contribution in [3.05, 3.63) is 0 Å². The first kappa shape index (κ1) is 14.0. The van der Waals surface area contributed by atoms with Gasteiger partial charge in [0.15, 0.2) is 0 Å². The fourth-order valence-electron chi connectivity index (χ4n) is 2.65. The van der Waals surface area contributed by atoms with Gasteiger partial charge in [-0.1, -0.05) is 40.0 Å². The monoisotopic (exact) mass is 226 g/mol. The van der Waals surface area contributed by atoms with E-state index in [0.29, 0.717) is 6.17 Å². The molecule has 1 saturated carbocycles. The molecular formula is C14H30N2. The van der Waals surface area contributed by atoms with Crippen LogP contribution < -0.4 is 10.6 Å². The van der Waals surface area contributed by atoms with Crippen LogP contribution in [-0.2, 0) is 0 Å². The molecule has 2 N–H and O–H groups in total. The van der Waals surface area contributed by atoms with Gasteiger partial charge in [-0.3, -0.25) is 0 Å². The second-order valence-corrected chi connectivity index (χ2v) is 5.17. The molecule has 16 heavy (non-hydrogen) atoms. The molecule has 3 atom stereocenters. The van der Waals surface area contributed by atoms with Gasteiger partial charge in [-0.25, -0.2) is 0 Å². The van der Waals surface area contributed by atoms with E-state index in [0.717, 1.165) is 18.4 Å². The van der Waals surface area contributed by atoms with E-state index in [1.54, 1.807) is 0 Å². The van der Waals surface area contributed by atoms with Gasteiger partial charge in [-0.2, -0.15) is 0 Å². The highest BCUT2D eigenvalue weighted by molar-refractivity contribution is 4.82. The Bertz CT molecular complexity index is 170. The molecule has 0 aromatic rings. The Kier molecular flexibility index (Phi) is 7.06. The smallest absolute Gasteiger partial charge is 0.0568 e. The molecule has 96 valence electrons. The Hall–Kier alpha value is -0.0800. The van der Waals surface area contributed by atoms with Crippen LogP contribution in [0.25, 0.3) is 0 Å². The predicted molar refractivity (Wildman–Crippen MR) is 71.5 cm³/mol. The molecule has 0 aromatic carbocycles. The van der Waals surface area contributed by atoms with Crippen molar-refractivity contribution in [2.24, 2.45) is 11.8 Å². The summed E-state index contributed by atoms with van der Waals surface area (Å²) in [5.41, 5.74) is 0. The van der Waals surface area contributed by atoms with Crippen molar-refractivity contribution >= 4 is 0 Å². The van der Waals surface area contributed by atoms with Gasteiger partial charge in [0.05, 0.1) is 6.17 Å². The Morgan fingerprint density at radius 2 is 1.81 bits per heavy atom. The summed E-state index contributed by atoms with van der Waals surface area (Å²) in [5.74, 6) is 1.98. The Labute approximate surface area is 102 Å². The van der Waals surface area contributed by atoms with Gasteiger partial charge in [0.25, 0.3) is 0 Å². The molecular weight excluding hydrogens is 196 g/mol. The molecule has 1 rings (SSSR count). The largest absolute Gasteiger partial charge is 0.302 e. The van der Waals surface area contributed by atoms with E-state index in [2.05, 4.69) is 31.4 Å². The van der Waals surface area contributed by atoms with Crippen LogP contribution >= 0.6 is 0 Å². The lowest BCUT2D eigenvalue weighted by molar-refractivity contribution is 0.150. The van der Waals surface area contributed by atoms with Gasteiger partial charge in [0, 0.05) is 0 Å². The summed E-state index contributed by atoms with van der Waals surface area (Å²) in [5, 5.41) is 7.15. The standard InChI is InChI=1S/C14H30N2/c1-4-7-8-12-9-10-13(12)11-16-14(5-2)15-6-3/h12-16H,4-11H2,1-3H3. The first-order valence-corrected chi connectivity index (χ1v) is 7.28. The van der Waals surface area contributed by atoms with Crippen molar-refractivity contribution in [1.29, 1.82) is 0 Å². The molecule has 2 heteroatoms. The highest BCUT2D eigenvalue weighted by atomic mass is 15.1. The van der Waals surface area contributed by atoms with Crippen LogP contribution in [0.4, 0.5) is 0 Å². The van der Waals surface area contributed by atoms with Crippen molar-refractivity contribution in [2.45, 2.75) is 65.5 Å². The van der Waals surface area contributed by atoms with Crippen LogP contribution in [0.2, 0.25) is 0 Å². The molecule has 0 aliphatic heterocycles. The van der Waals surface area contributed by atoms with Crippen molar-refractivity contribution in [3.8, 4) is 0 Å². The summed E-state index contributed by atoms with van der Waals surface area (Å²) in [6, 6.07) is 0. The van der Waals surface area contributed by atoms with Crippen LogP contribution in [0.5, 0.6) is 0 Å². The van der Waals surface area contributed by atoms with Crippen LogP contribution in [-0.4, -0.2) is 19.3 Å². The van der Waals surface area contributed by atoms with E-state index in [-0.39, 0.29) is 0 Å². The quantitative estimate of drug-likeness (QED) is 0.590. The van der Waals surface area contributed by atoms with Crippen LogP contribution in [0.15, 0.2) is 0 Å². The van der Waals surface area contributed by atoms with Crippen molar-refractivity contribution in [2.75, 3.05) is 13.1 Å². The van der Waals surface area contributed by atoms with Gasteiger partial charge >= 0.3 is 0 Å². The molecule has 0 spiro atoms. The first-order chi connectivity index (χ1) is 7.81. The number of nitrogens with one attached hydrogen (secondary N) is 2. The van der Waals surface area contributed by atoms with Gasteiger partial charge in [-0.15, -0.1) is 0 Å². The number of hydrogen-bond donors (Lipinski definition) is 2. The summed E-state index contributed by atoms with van der Waals surface area (Å²) < 4.78 is 0. The topological polar surface area (TPSA) is 24.1 Å². The molecule has 0 aromatic heterocycles. The van der Waals surface area contributed by atoms with E-state index in [4.69, 9.17) is 0 Å². The van der Waals surface area contributed by atoms with E-state index in [1.807, 2.05) is 0 Å². The van der Waals surface area contributed by atoms with Gasteiger partial charge in [-0.05, 0) is 44.2 Å². The van der Waals surface area contributed by atoms with Crippen molar-refractivity contribution in [3.63, 3.8) is 0 Å². The zero-order chi connectivity index (χ0) is 11.8. The zero-order valence-electron chi connectivity index (χ0n) is 11.4. The highest BCUT2D eigenvalue weighted by Gasteiger charge is 2.29. The lowest BCUT2D eigenvalue weighted by Gasteiger charge is -2.38. The number of hydrogen-bond acceptors (Lipinski definition) is 2. The Morgan fingerprint density at radius 3 is 2.31 bits per heavy atom. The van der Waals surface area contributed by atoms with Gasteiger partial charge < -0.3 is 10.6 Å². The van der Waals surface area contributed by atoms with Crippen LogP contribution in [0, 0.1) is 11.8 Å². The van der Waals surface area contributed by atoms with Gasteiger partial charge in [0.1, 0.15) is 0 Å².